The molecule has 0 aromatic heterocycles. The lowest BCUT2D eigenvalue weighted by Crippen LogP contribution is -2.17. The van der Waals surface area contributed by atoms with Crippen LogP contribution in [0.1, 0.15) is 24.8 Å². The molecule has 0 aliphatic heterocycles. The fraction of sp³-hybridized carbons (Fsp3) is 0.357. The molecule has 0 amide bonds. The normalized spacial score (nSPS) is 20.2. The van der Waals surface area contributed by atoms with E-state index in [-0.39, 0.29) is 17.6 Å². The van der Waals surface area contributed by atoms with Crippen molar-refractivity contribution in [1.29, 1.82) is 0 Å². The smallest absolute Gasteiger partial charge is 0.161 e. The Balaban J connectivity index is 1.82. The van der Waals surface area contributed by atoms with E-state index in [2.05, 4.69) is 0 Å². The van der Waals surface area contributed by atoms with Gasteiger partial charge >= 0.3 is 0 Å². The summed E-state index contributed by atoms with van der Waals surface area (Å²) in [6.07, 6.45) is 5.82. The first-order valence-corrected chi connectivity index (χ1v) is 5.86. The Morgan fingerprint density at radius 1 is 1.41 bits per heavy atom. The number of para-hydroxylation sites is 1. The molecule has 3 nitrogen and oxygen atoms in total. The molecule has 1 unspecified atom stereocenters. The largest absolute Gasteiger partial charge is 0.507 e. The third kappa shape index (κ3) is 3.17. The van der Waals surface area contributed by atoms with Gasteiger partial charge in [0.1, 0.15) is 11.9 Å². The van der Waals surface area contributed by atoms with Gasteiger partial charge in [-0.3, -0.25) is 4.79 Å². The lowest BCUT2D eigenvalue weighted by atomic mass is 10.2. The minimum Gasteiger partial charge on any atom is -0.507 e. The number of hydrogen-bond donors (Lipinski definition) is 1. The Hall–Kier alpha value is -1.61. The number of aromatic hydroxyl groups is 1. The zero-order valence-electron chi connectivity index (χ0n) is 9.63. The van der Waals surface area contributed by atoms with Crippen LogP contribution in [0.25, 0.3) is 6.08 Å². The number of ether oxygens (including phenoxy) is 1. The van der Waals surface area contributed by atoms with Crippen molar-refractivity contribution in [2.24, 2.45) is 0 Å². The van der Waals surface area contributed by atoms with E-state index in [0.29, 0.717) is 13.0 Å². The maximum Gasteiger partial charge on any atom is 0.161 e. The summed E-state index contributed by atoms with van der Waals surface area (Å²) >= 11 is 0. The molecular formula is C14H16O3. The Morgan fingerprint density at radius 3 is 2.94 bits per heavy atom. The summed E-state index contributed by atoms with van der Waals surface area (Å²) < 4.78 is 5.46. The Kier molecular flexibility index (Phi) is 3.94. The highest BCUT2D eigenvalue weighted by atomic mass is 16.5. The molecule has 0 bridgehead atoms. The minimum absolute atomic E-state index is 0.209. The lowest BCUT2D eigenvalue weighted by molar-refractivity contribution is -0.126. The fourth-order valence-corrected chi connectivity index (χ4v) is 1.94. The monoisotopic (exact) mass is 232 g/mol. The number of phenols is 1. The predicted octanol–water partition coefficient (Wildman–Crippen LogP) is 2.54. The van der Waals surface area contributed by atoms with Gasteiger partial charge in [0.2, 0.25) is 0 Å². The Bertz CT molecular complexity index is 423. The second-order valence-electron chi connectivity index (χ2n) is 4.14. The summed E-state index contributed by atoms with van der Waals surface area (Å²) in [5.41, 5.74) is 0.758. The molecule has 17 heavy (non-hydrogen) atoms. The second-order valence-corrected chi connectivity index (χ2v) is 4.14. The van der Waals surface area contributed by atoms with Gasteiger partial charge in [0.25, 0.3) is 0 Å². The molecule has 0 spiro atoms. The van der Waals surface area contributed by atoms with Crippen molar-refractivity contribution >= 4 is 11.9 Å². The maximum atomic E-state index is 11.3. The molecular weight excluding hydrogens is 216 g/mol. The second kappa shape index (κ2) is 5.64. The van der Waals surface area contributed by atoms with Gasteiger partial charge in [-0.15, -0.1) is 0 Å². The molecule has 90 valence electrons. The molecule has 2 rings (SSSR count). The van der Waals surface area contributed by atoms with Gasteiger partial charge in [-0.25, -0.2) is 0 Å². The van der Waals surface area contributed by atoms with Crippen molar-refractivity contribution in [3.63, 3.8) is 0 Å². The van der Waals surface area contributed by atoms with Crippen LogP contribution >= 0.6 is 0 Å². The van der Waals surface area contributed by atoms with E-state index in [1.165, 1.54) is 0 Å². The molecule has 3 heteroatoms. The average Bonchev–Trinajstić information content (AvgIpc) is 2.73. The zero-order valence-corrected chi connectivity index (χ0v) is 9.63. The number of carbonyl (C=O) groups excluding carboxylic acids is 1. The first-order valence-electron chi connectivity index (χ1n) is 5.86. The van der Waals surface area contributed by atoms with Crippen molar-refractivity contribution in [2.45, 2.75) is 25.4 Å². The fourth-order valence-electron chi connectivity index (χ4n) is 1.94. The first kappa shape index (κ1) is 11.9. The summed E-state index contributed by atoms with van der Waals surface area (Å²) in [4.78, 5) is 11.3. The Labute approximate surface area is 101 Å². The molecule has 0 saturated heterocycles. The molecule has 0 heterocycles. The van der Waals surface area contributed by atoms with Crippen molar-refractivity contribution in [2.75, 3.05) is 6.61 Å². The highest BCUT2D eigenvalue weighted by molar-refractivity contribution is 5.84. The lowest BCUT2D eigenvalue weighted by Gasteiger charge is -2.06. The number of ketones is 1. The molecule has 1 aromatic carbocycles. The number of rotatable bonds is 4. The van der Waals surface area contributed by atoms with Crippen LogP contribution in [0.5, 0.6) is 5.75 Å². The van der Waals surface area contributed by atoms with E-state index in [9.17, 15) is 9.90 Å². The van der Waals surface area contributed by atoms with Gasteiger partial charge in [-0.1, -0.05) is 30.4 Å². The molecule has 1 aliphatic rings. The molecule has 1 saturated carbocycles. The highest BCUT2D eigenvalue weighted by Gasteiger charge is 2.24. The van der Waals surface area contributed by atoms with Gasteiger partial charge in [0, 0.05) is 12.0 Å². The number of hydrogen-bond acceptors (Lipinski definition) is 3. The topological polar surface area (TPSA) is 46.5 Å². The van der Waals surface area contributed by atoms with Crippen LogP contribution in [-0.4, -0.2) is 23.6 Å². The van der Waals surface area contributed by atoms with E-state index >= 15 is 0 Å². The van der Waals surface area contributed by atoms with Gasteiger partial charge in [-0.05, 0) is 18.9 Å². The molecule has 1 aliphatic carbocycles. The van der Waals surface area contributed by atoms with Crippen LogP contribution in [-0.2, 0) is 9.53 Å². The Morgan fingerprint density at radius 2 is 2.24 bits per heavy atom. The van der Waals surface area contributed by atoms with Crippen molar-refractivity contribution in [3.05, 3.63) is 35.9 Å². The molecule has 1 aromatic rings. The molecule has 1 N–H and O–H groups in total. The zero-order chi connectivity index (χ0) is 12.1. The van der Waals surface area contributed by atoms with Gasteiger partial charge in [0.15, 0.2) is 5.78 Å². The van der Waals surface area contributed by atoms with Crippen LogP contribution in [0.4, 0.5) is 0 Å². The summed E-state index contributed by atoms with van der Waals surface area (Å²) in [6, 6.07) is 7.11. The molecule has 1 atom stereocenters. The standard InChI is InChI=1S/C14H16O3/c15-12-7-2-1-5-11(12)6-4-10-17-14-9-3-8-13(14)16/h1-2,4-7,14-15H,3,8-10H2/b6-4+. The first-order chi connectivity index (χ1) is 8.27. The number of carbonyl (C=O) groups is 1. The van der Waals surface area contributed by atoms with Crippen LogP contribution in [0, 0.1) is 0 Å². The van der Waals surface area contributed by atoms with E-state index in [0.717, 1.165) is 18.4 Å². The van der Waals surface area contributed by atoms with Crippen LogP contribution in [0.3, 0.4) is 0 Å². The van der Waals surface area contributed by atoms with E-state index in [1.807, 2.05) is 18.2 Å². The average molecular weight is 232 g/mol. The SMILES string of the molecule is O=C1CCCC1OC/C=C/c1ccccc1O. The quantitative estimate of drug-likeness (QED) is 0.867. The molecule has 0 radical (unpaired) electrons. The number of benzene rings is 1. The van der Waals surface area contributed by atoms with Gasteiger partial charge in [-0.2, -0.15) is 0 Å². The third-order valence-electron chi connectivity index (χ3n) is 2.88. The number of phenolic OH excluding ortho intramolecular Hbond substituents is 1. The summed E-state index contributed by atoms with van der Waals surface area (Å²) in [5, 5.41) is 9.52. The van der Waals surface area contributed by atoms with Crippen LogP contribution < -0.4 is 0 Å². The summed E-state index contributed by atoms with van der Waals surface area (Å²) in [6.45, 7) is 0.407. The van der Waals surface area contributed by atoms with Crippen molar-refractivity contribution in [1.82, 2.24) is 0 Å². The third-order valence-corrected chi connectivity index (χ3v) is 2.88. The molecule has 1 fully saturated rings. The van der Waals surface area contributed by atoms with E-state index in [1.54, 1.807) is 18.2 Å². The highest BCUT2D eigenvalue weighted by Crippen LogP contribution is 2.19. The van der Waals surface area contributed by atoms with Crippen molar-refractivity contribution in [3.8, 4) is 5.75 Å². The maximum absolute atomic E-state index is 11.3. The van der Waals surface area contributed by atoms with Crippen LogP contribution in [0.15, 0.2) is 30.3 Å². The predicted molar refractivity (Wildman–Crippen MR) is 65.7 cm³/mol. The van der Waals surface area contributed by atoms with Crippen LogP contribution in [0.2, 0.25) is 0 Å². The van der Waals surface area contributed by atoms with Gasteiger partial charge in [0.05, 0.1) is 6.61 Å². The number of Topliss-reactive ketones (excluding diaryl/α,β-unsaturated/α-hetero) is 1. The minimum atomic E-state index is -0.218. The van der Waals surface area contributed by atoms with Gasteiger partial charge < -0.3 is 9.84 Å². The van der Waals surface area contributed by atoms with Crippen molar-refractivity contribution < 1.29 is 14.6 Å². The van der Waals surface area contributed by atoms with E-state index in [4.69, 9.17) is 4.74 Å². The summed E-state index contributed by atoms with van der Waals surface area (Å²) in [5.74, 6) is 0.460. The summed E-state index contributed by atoms with van der Waals surface area (Å²) in [7, 11) is 0. The van der Waals surface area contributed by atoms with E-state index < -0.39 is 0 Å².